The van der Waals surface area contributed by atoms with E-state index in [1.807, 2.05) is 0 Å². The fourth-order valence-electron chi connectivity index (χ4n) is 1.59. The number of aliphatic hydroxyl groups is 1. The average Bonchev–Trinajstić information content (AvgIpc) is 2.29. The normalized spacial score (nSPS) is 15.5. The van der Waals surface area contributed by atoms with E-state index >= 15 is 0 Å². The molecule has 1 rings (SSSR count). The lowest BCUT2D eigenvalue weighted by atomic mass is 10.0. The second kappa shape index (κ2) is 5.57. The Morgan fingerprint density at radius 2 is 2.12 bits per heavy atom. The molecule has 0 saturated carbocycles. The first-order chi connectivity index (χ1) is 7.92. The van der Waals surface area contributed by atoms with Crippen molar-refractivity contribution >= 4 is 9.84 Å². The molecule has 0 heterocycles. The maximum atomic E-state index is 13.0. The second-order valence-electron chi connectivity index (χ2n) is 3.75. The van der Waals surface area contributed by atoms with Crippen molar-refractivity contribution in [2.24, 2.45) is 5.73 Å². The van der Waals surface area contributed by atoms with Crippen LogP contribution in [0.2, 0.25) is 0 Å². The number of hydrogen-bond donors (Lipinski definition) is 2. The number of aliphatic hydroxyl groups excluding tert-OH is 1. The third kappa shape index (κ3) is 3.24. The number of sulfone groups is 1. The van der Waals surface area contributed by atoms with E-state index in [2.05, 4.69) is 0 Å². The van der Waals surface area contributed by atoms with Crippen molar-refractivity contribution in [2.75, 3.05) is 12.4 Å². The molecule has 4 nitrogen and oxygen atoms in total. The van der Waals surface area contributed by atoms with Crippen LogP contribution in [0.1, 0.15) is 18.5 Å². The van der Waals surface area contributed by atoms with Gasteiger partial charge in [0.1, 0.15) is 11.1 Å². The Bertz CT molecular complexity index is 475. The van der Waals surface area contributed by atoms with Gasteiger partial charge in [0, 0.05) is 11.8 Å². The van der Waals surface area contributed by atoms with E-state index in [1.165, 1.54) is 25.1 Å². The minimum atomic E-state index is -3.47. The molecule has 17 heavy (non-hydrogen) atoms. The Kier molecular flexibility index (Phi) is 4.62. The van der Waals surface area contributed by atoms with E-state index in [4.69, 9.17) is 10.8 Å². The van der Waals surface area contributed by atoms with E-state index in [0.29, 0.717) is 5.56 Å². The number of halogens is 1. The largest absolute Gasteiger partial charge is 0.395 e. The molecule has 0 aliphatic heterocycles. The molecule has 1 aromatic rings. The smallest absolute Gasteiger partial charge is 0.157 e. The van der Waals surface area contributed by atoms with Gasteiger partial charge in [-0.3, -0.25) is 0 Å². The summed E-state index contributed by atoms with van der Waals surface area (Å²) in [6.45, 7) is 0.907. The summed E-state index contributed by atoms with van der Waals surface area (Å²) in [5.41, 5.74) is 6.14. The molecule has 0 amide bonds. The maximum Gasteiger partial charge on any atom is 0.157 e. The Morgan fingerprint density at radius 3 is 2.59 bits per heavy atom. The molecule has 0 bridgehead atoms. The van der Waals surface area contributed by atoms with Gasteiger partial charge in [0.15, 0.2) is 9.84 Å². The van der Waals surface area contributed by atoms with Gasteiger partial charge in [0.05, 0.1) is 6.61 Å². The first-order valence-electron chi connectivity index (χ1n) is 5.25. The van der Waals surface area contributed by atoms with E-state index in [9.17, 15) is 12.8 Å². The summed E-state index contributed by atoms with van der Waals surface area (Å²) >= 11 is 0. The van der Waals surface area contributed by atoms with Gasteiger partial charge in [-0.15, -0.1) is 0 Å². The van der Waals surface area contributed by atoms with Gasteiger partial charge in [-0.2, -0.15) is 0 Å². The molecule has 0 aliphatic rings. The molecule has 96 valence electrons. The Hall–Kier alpha value is -0.980. The summed E-state index contributed by atoms with van der Waals surface area (Å²) in [5, 5.41) is 8.04. The zero-order chi connectivity index (χ0) is 13.1. The molecule has 3 N–H and O–H groups in total. The first-order valence-corrected chi connectivity index (χ1v) is 6.97. The fourth-order valence-corrected chi connectivity index (χ4v) is 2.85. The second-order valence-corrected chi connectivity index (χ2v) is 6.26. The van der Waals surface area contributed by atoms with Crippen molar-refractivity contribution in [1.82, 2.24) is 0 Å². The number of hydrogen-bond acceptors (Lipinski definition) is 4. The van der Waals surface area contributed by atoms with Crippen LogP contribution in [0.5, 0.6) is 0 Å². The van der Waals surface area contributed by atoms with E-state index in [0.717, 1.165) is 0 Å². The van der Waals surface area contributed by atoms with Crippen molar-refractivity contribution in [1.29, 1.82) is 0 Å². The molecule has 0 unspecified atom stereocenters. The number of rotatable bonds is 5. The fraction of sp³-hybridized carbons (Fsp3) is 0.455. The Balaban J connectivity index is 3.06. The van der Waals surface area contributed by atoms with E-state index in [1.54, 1.807) is 6.07 Å². The van der Waals surface area contributed by atoms with Crippen molar-refractivity contribution in [3.8, 4) is 0 Å². The summed E-state index contributed by atoms with van der Waals surface area (Å²) in [5.74, 6) is -0.593. The monoisotopic (exact) mass is 261 g/mol. The average molecular weight is 261 g/mol. The number of nitrogens with two attached hydrogens (primary N) is 1. The minimum Gasteiger partial charge on any atom is -0.395 e. The molecule has 0 radical (unpaired) electrons. The maximum absolute atomic E-state index is 13.0. The van der Waals surface area contributed by atoms with Crippen LogP contribution in [-0.2, 0) is 9.84 Å². The third-order valence-electron chi connectivity index (χ3n) is 2.68. The highest BCUT2D eigenvalue weighted by molar-refractivity contribution is 7.92. The van der Waals surface area contributed by atoms with Crippen LogP contribution in [-0.4, -0.2) is 31.1 Å². The lowest BCUT2D eigenvalue weighted by molar-refractivity contribution is 0.277. The summed E-state index contributed by atoms with van der Waals surface area (Å²) in [6.07, 6.45) is 0. The molecule has 6 heteroatoms. The molecule has 0 aliphatic carbocycles. The van der Waals surface area contributed by atoms with Gasteiger partial charge in [0.2, 0.25) is 0 Å². The van der Waals surface area contributed by atoms with Crippen molar-refractivity contribution in [3.63, 3.8) is 0 Å². The van der Waals surface area contributed by atoms with Gasteiger partial charge < -0.3 is 10.8 Å². The van der Waals surface area contributed by atoms with Gasteiger partial charge in [-0.25, -0.2) is 12.8 Å². The lowest BCUT2D eigenvalue weighted by Crippen LogP contribution is -2.37. The van der Waals surface area contributed by atoms with Gasteiger partial charge in [-0.05, 0) is 17.7 Å². The summed E-state index contributed by atoms with van der Waals surface area (Å²) < 4.78 is 36.4. The van der Waals surface area contributed by atoms with Crippen LogP contribution in [0.3, 0.4) is 0 Å². The van der Waals surface area contributed by atoms with Crippen LogP contribution in [0.25, 0.3) is 0 Å². The van der Waals surface area contributed by atoms with Crippen LogP contribution < -0.4 is 5.73 Å². The van der Waals surface area contributed by atoms with Gasteiger partial charge >= 0.3 is 0 Å². The van der Waals surface area contributed by atoms with Gasteiger partial charge in [-0.1, -0.05) is 19.1 Å². The van der Waals surface area contributed by atoms with Crippen LogP contribution in [0, 0.1) is 5.82 Å². The molecule has 0 aromatic heterocycles. The minimum absolute atomic E-state index is 0.110. The van der Waals surface area contributed by atoms with E-state index in [-0.39, 0.29) is 5.75 Å². The zero-order valence-corrected chi connectivity index (χ0v) is 10.3. The number of benzene rings is 1. The highest BCUT2D eigenvalue weighted by atomic mass is 32.2. The van der Waals surface area contributed by atoms with E-state index < -0.39 is 33.6 Å². The molecule has 0 spiro atoms. The lowest BCUT2D eigenvalue weighted by Gasteiger charge is -2.21. The van der Waals surface area contributed by atoms with Crippen LogP contribution in [0.15, 0.2) is 24.3 Å². The predicted octanol–water partition coefficient (Wildman–Crippen LogP) is 0.621. The highest BCUT2D eigenvalue weighted by Gasteiger charge is 2.30. The standard InChI is InChI=1S/C11H16FNO3S/c1-2-17(15,16)10(7-14)11(13)8-4-3-5-9(12)6-8/h3-6,10-11,14H,2,7,13H2,1H3/t10-,11-/m1/s1. The highest BCUT2D eigenvalue weighted by Crippen LogP contribution is 2.21. The van der Waals surface area contributed by atoms with Crippen LogP contribution in [0.4, 0.5) is 4.39 Å². The molecule has 0 saturated heterocycles. The van der Waals surface area contributed by atoms with Crippen LogP contribution >= 0.6 is 0 Å². The summed E-state index contributed by atoms with van der Waals surface area (Å²) in [4.78, 5) is 0. The predicted molar refractivity (Wildman–Crippen MR) is 63.7 cm³/mol. The van der Waals surface area contributed by atoms with Crippen molar-refractivity contribution in [2.45, 2.75) is 18.2 Å². The van der Waals surface area contributed by atoms with Crippen molar-refractivity contribution in [3.05, 3.63) is 35.6 Å². The molecular weight excluding hydrogens is 245 g/mol. The summed E-state index contributed by atoms with van der Waals surface area (Å²) in [7, 11) is -3.47. The summed E-state index contributed by atoms with van der Waals surface area (Å²) in [6, 6.07) is 4.50. The first kappa shape index (κ1) is 14.1. The molecule has 2 atom stereocenters. The SMILES string of the molecule is CCS(=O)(=O)[C@H](CO)[C@H](N)c1cccc(F)c1. The molecular formula is C11H16FNO3S. The Morgan fingerprint density at radius 1 is 1.47 bits per heavy atom. The quantitative estimate of drug-likeness (QED) is 0.814. The van der Waals surface area contributed by atoms with Gasteiger partial charge in [0.25, 0.3) is 0 Å². The zero-order valence-electron chi connectivity index (χ0n) is 9.51. The molecule has 1 aromatic carbocycles. The van der Waals surface area contributed by atoms with Crippen molar-refractivity contribution < 1.29 is 17.9 Å². The Labute approximate surface area is 100 Å². The topological polar surface area (TPSA) is 80.4 Å². The third-order valence-corrected chi connectivity index (χ3v) is 4.85. The molecule has 0 fully saturated rings.